The minimum absolute atomic E-state index is 0.445. The molecule has 0 spiro atoms. The van der Waals surface area contributed by atoms with Crippen LogP contribution >= 0.6 is 11.3 Å². The predicted octanol–water partition coefficient (Wildman–Crippen LogP) is 1.13. The number of aryl methyl sites for hydroxylation is 1. The molecule has 0 aliphatic rings. The van der Waals surface area contributed by atoms with Crippen LogP contribution in [0.3, 0.4) is 0 Å². The monoisotopic (exact) mass is 266 g/mol. The molecule has 7 heteroatoms. The highest BCUT2D eigenvalue weighted by molar-refractivity contribution is 7.08. The Bertz CT molecular complexity index is 523. The van der Waals surface area contributed by atoms with E-state index in [2.05, 4.69) is 10.3 Å². The highest BCUT2D eigenvalue weighted by atomic mass is 32.1. The first-order valence-corrected chi connectivity index (χ1v) is 6.32. The second kappa shape index (κ2) is 5.28. The highest BCUT2D eigenvalue weighted by Crippen LogP contribution is 2.23. The number of thiophene rings is 1. The lowest BCUT2D eigenvalue weighted by atomic mass is 10.1. The zero-order chi connectivity index (χ0) is 13.1. The molecule has 1 N–H and O–H groups in total. The van der Waals surface area contributed by atoms with Crippen molar-refractivity contribution in [2.24, 2.45) is 7.05 Å². The second-order valence-corrected chi connectivity index (χ2v) is 4.88. The highest BCUT2D eigenvalue weighted by Gasteiger charge is 2.25. The topological polar surface area (TPSA) is 71.2 Å². The van der Waals surface area contributed by atoms with E-state index in [1.807, 2.05) is 16.8 Å². The van der Waals surface area contributed by atoms with Gasteiger partial charge in [-0.15, -0.1) is 5.10 Å². The van der Waals surface area contributed by atoms with E-state index in [9.17, 15) is 9.90 Å². The maximum atomic E-state index is 11.4. The molecule has 2 aromatic heterocycles. The Morgan fingerprint density at radius 1 is 1.67 bits per heavy atom. The van der Waals surface area contributed by atoms with E-state index < -0.39 is 12.0 Å². The number of carboxylic acid groups (broad SMARTS) is 1. The van der Waals surface area contributed by atoms with Crippen LogP contribution in [-0.2, 0) is 18.4 Å². The van der Waals surface area contributed by atoms with Gasteiger partial charge in [-0.2, -0.15) is 11.3 Å². The van der Waals surface area contributed by atoms with Gasteiger partial charge in [-0.1, -0.05) is 5.21 Å². The van der Waals surface area contributed by atoms with Crippen molar-refractivity contribution in [2.75, 3.05) is 7.05 Å². The maximum Gasteiger partial charge on any atom is 0.325 e. The van der Waals surface area contributed by atoms with Gasteiger partial charge in [0.1, 0.15) is 6.04 Å². The molecule has 0 radical (unpaired) electrons. The van der Waals surface area contributed by atoms with Crippen LogP contribution in [0.1, 0.15) is 17.3 Å². The Kier molecular flexibility index (Phi) is 3.73. The Balaban J connectivity index is 2.14. The average molecular weight is 266 g/mol. The molecule has 0 saturated heterocycles. The molecular formula is C11H14N4O2S. The average Bonchev–Trinajstić information content (AvgIpc) is 2.90. The minimum Gasteiger partial charge on any atom is -0.480 e. The lowest BCUT2D eigenvalue weighted by molar-refractivity contribution is -0.143. The summed E-state index contributed by atoms with van der Waals surface area (Å²) in [5.74, 6) is -0.861. The maximum absolute atomic E-state index is 11.4. The van der Waals surface area contributed by atoms with Crippen molar-refractivity contribution in [1.29, 1.82) is 0 Å². The van der Waals surface area contributed by atoms with Crippen molar-refractivity contribution in [3.63, 3.8) is 0 Å². The van der Waals surface area contributed by atoms with Crippen LogP contribution in [0.25, 0.3) is 0 Å². The molecule has 0 saturated carbocycles. The third kappa shape index (κ3) is 2.74. The summed E-state index contributed by atoms with van der Waals surface area (Å²) >= 11 is 1.49. The molecule has 0 amide bonds. The molecule has 0 aliphatic heterocycles. The Hall–Kier alpha value is -1.73. The standard InChI is InChI=1S/C11H14N4O2S/c1-14(5-9-6-15(2)13-12-9)10(11(16)17)8-3-4-18-7-8/h3-4,6-7,10H,5H2,1-2H3,(H,16,17). The van der Waals surface area contributed by atoms with E-state index in [-0.39, 0.29) is 0 Å². The number of carboxylic acids is 1. The number of hydrogen-bond donors (Lipinski definition) is 1. The lowest BCUT2D eigenvalue weighted by Gasteiger charge is -2.22. The summed E-state index contributed by atoms with van der Waals surface area (Å²) in [4.78, 5) is 13.1. The molecule has 1 unspecified atom stereocenters. The van der Waals surface area contributed by atoms with E-state index in [4.69, 9.17) is 0 Å². The quantitative estimate of drug-likeness (QED) is 0.878. The van der Waals surface area contributed by atoms with Crippen LogP contribution < -0.4 is 0 Å². The largest absolute Gasteiger partial charge is 0.480 e. The smallest absolute Gasteiger partial charge is 0.325 e. The molecule has 1 atom stereocenters. The van der Waals surface area contributed by atoms with Crippen molar-refractivity contribution in [2.45, 2.75) is 12.6 Å². The van der Waals surface area contributed by atoms with Gasteiger partial charge >= 0.3 is 5.97 Å². The van der Waals surface area contributed by atoms with Crippen LogP contribution in [0.4, 0.5) is 0 Å². The van der Waals surface area contributed by atoms with Gasteiger partial charge in [0.2, 0.25) is 0 Å². The Morgan fingerprint density at radius 2 is 2.44 bits per heavy atom. The van der Waals surface area contributed by atoms with Gasteiger partial charge in [-0.25, -0.2) is 0 Å². The van der Waals surface area contributed by atoms with Gasteiger partial charge in [0.15, 0.2) is 0 Å². The summed E-state index contributed by atoms with van der Waals surface area (Å²) in [5.41, 5.74) is 1.54. The summed E-state index contributed by atoms with van der Waals surface area (Å²) in [6.45, 7) is 0.445. The molecule has 2 aromatic rings. The summed E-state index contributed by atoms with van der Waals surface area (Å²) in [6.07, 6.45) is 1.78. The van der Waals surface area contributed by atoms with Crippen LogP contribution in [0.2, 0.25) is 0 Å². The lowest BCUT2D eigenvalue weighted by Crippen LogP contribution is -2.30. The fourth-order valence-electron chi connectivity index (χ4n) is 1.83. The number of aliphatic carboxylic acids is 1. The number of aromatic nitrogens is 3. The number of nitrogens with zero attached hydrogens (tertiary/aromatic N) is 4. The van der Waals surface area contributed by atoms with Gasteiger partial charge < -0.3 is 5.11 Å². The van der Waals surface area contributed by atoms with Crippen molar-refractivity contribution in [3.8, 4) is 0 Å². The van der Waals surface area contributed by atoms with Crippen molar-refractivity contribution in [1.82, 2.24) is 19.9 Å². The number of likely N-dealkylation sites (N-methyl/N-ethyl adjacent to an activating group) is 1. The second-order valence-electron chi connectivity index (χ2n) is 4.10. The van der Waals surface area contributed by atoms with E-state index in [1.165, 1.54) is 11.3 Å². The SMILES string of the molecule is CN(Cc1cn(C)nn1)C(C(=O)O)c1ccsc1. The molecule has 0 aliphatic carbocycles. The van der Waals surface area contributed by atoms with Gasteiger partial charge in [-0.3, -0.25) is 14.4 Å². The molecule has 6 nitrogen and oxygen atoms in total. The summed E-state index contributed by atoms with van der Waals surface area (Å²) in [7, 11) is 3.55. The number of carbonyl (C=O) groups is 1. The molecule has 96 valence electrons. The van der Waals surface area contributed by atoms with E-state index in [0.29, 0.717) is 6.54 Å². The van der Waals surface area contributed by atoms with Gasteiger partial charge in [0.25, 0.3) is 0 Å². The molecule has 0 aromatic carbocycles. The van der Waals surface area contributed by atoms with E-state index >= 15 is 0 Å². The van der Waals surface area contributed by atoms with Crippen LogP contribution in [-0.4, -0.2) is 38.0 Å². The first kappa shape index (κ1) is 12.7. The molecule has 0 bridgehead atoms. The van der Waals surface area contributed by atoms with Gasteiger partial charge in [0.05, 0.1) is 5.69 Å². The van der Waals surface area contributed by atoms with Crippen molar-refractivity contribution < 1.29 is 9.90 Å². The normalized spacial score (nSPS) is 12.8. The molecule has 2 rings (SSSR count). The van der Waals surface area contributed by atoms with E-state index in [1.54, 1.807) is 29.9 Å². The third-order valence-corrected chi connectivity index (χ3v) is 3.30. The van der Waals surface area contributed by atoms with Gasteiger partial charge in [0, 0.05) is 19.8 Å². The predicted molar refractivity (Wildman–Crippen MR) is 67.2 cm³/mol. The summed E-state index contributed by atoms with van der Waals surface area (Å²) in [6, 6.07) is 1.18. The van der Waals surface area contributed by atoms with Crippen LogP contribution in [0, 0.1) is 0 Å². The molecule has 18 heavy (non-hydrogen) atoms. The zero-order valence-corrected chi connectivity index (χ0v) is 11.0. The molecule has 2 heterocycles. The Morgan fingerprint density at radius 3 is 2.94 bits per heavy atom. The molecule has 0 fully saturated rings. The number of rotatable bonds is 5. The Labute approximate surface area is 108 Å². The van der Waals surface area contributed by atoms with Crippen molar-refractivity contribution >= 4 is 17.3 Å². The van der Waals surface area contributed by atoms with Crippen LogP contribution in [0.5, 0.6) is 0 Å². The first-order valence-electron chi connectivity index (χ1n) is 5.38. The fourth-order valence-corrected chi connectivity index (χ4v) is 2.51. The van der Waals surface area contributed by atoms with E-state index in [0.717, 1.165) is 11.3 Å². The minimum atomic E-state index is -0.861. The van der Waals surface area contributed by atoms with Crippen LogP contribution in [0.15, 0.2) is 23.0 Å². The summed E-state index contributed by atoms with van der Waals surface area (Å²) in [5, 5.41) is 20.8. The first-order chi connectivity index (χ1) is 8.58. The van der Waals surface area contributed by atoms with Crippen molar-refractivity contribution in [3.05, 3.63) is 34.3 Å². The summed E-state index contributed by atoms with van der Waals surface area (Å²) < 4.78 is 1.60. The molecular weight excluding hydrogens is 252 g/mol. The zero-order valence-electron chi connectivity index (χ0n) is 10.1. The number of hydrogen-bond acceptors (Lipinski definition) is 5. The fraction of sp³-hybridized carbons (Fsp3) is 0.364. The van der Waals surface area contributed by atoms with Gasteiger partial charge in [-0.05, 0) is 29.4 Å². The third-order valence-electron chi connectivity index (χ3n) is 2.60.